The number of methoxy groups -OCH3 is 1. The zero-order valence-corrected chi connectivity index (χ0v) is 24.0. The molecule has 41 heavy (non-hydrogen) atoms. The molecule has 0 spiro atoms. The van der Waals surface area contributed by atoms with Gasteiger partial charge in [0, 0.05) is 23.5 Å². The van der Waals surface area contributed by atoms with Crippen LogP contribution in [0.25, 0.3) is 23.2 Å². The van der Waals surface area contributed by atoms with Gasteiger partial charge in [-0.2, -0.15) is 5.10 Å². The Kier molecular flexibility index (Phi) is 9.30. The fraction of sp³-hybridized carbons (Fsp3) is 0.200. The maximum absolute atomic E-state index is 12.5. The molecule has 4 aromatic rings. The first kappa shape index (κ1) is 29.2. The lowest BCUT2D eigenvalue weighted by Gasteiger charge is -2.19. The molecule has 0 radical (unpaired) electrons. The highest BCUT2D eigenvalue weighted by Gasteiger charge is 2.19. The van der Waals surface area contributed by atoms with Crippen LogP contribution in [0.1, 0.15) is 31.9 Å². The number of carbonyl (C=O) groups excluding carboxylic acids is 1. The average molecular weight is 571 g/mol. The van der Waals surface area contributed by atoms with Crippen molar-refractivity contribution in [2.24, 2.45) is 5.10 Å². The number of para-hydroxylation sites is 1. The number of ether oxygens (including phenoxy) is 1. The molecule has 0 fully saturated rings. The number of nitrogens with one attached hydrogen (secondary N) is 1. The third kappa shape index (κ3) is 7.46. The van der Waals surface area contributed by atoms with Gasteiger partial charge in [-0.1, -0.05) is 68.9 Å². The van der Waals surface area contributed by atoms with E-state index in [-0.39, 0.29) is 22.8 Å². The van der Waals surface area contributed by atoms with Crippen LogP contribution in [0.3, 0.4) is 0 Å². The van der Waals surface area contributed by atoms with Gasteiger partial charge in [0.1, 0.15) is 5.75 Å². The number of nitro groups is 1. The average Bonchev–Trinajstić information content (AvgIpc) is 3.39. The lowest BCUT2D eigenvalue weighted by molar-refractivity contribution is -0.385. The SMILES string of the molecule is COc1ccc(-n2c(SCC(=O)N/N=C/C=C\c3ccccc3[N+](=O)[O-])nnc2-c2ccc(C(C)(C)C)cc2)cc1. The van der Waals surface area contributed by atoms with Crippen LogP contribution in [0.2, 0.25) is 0 Å². The van der Waals surface area contributed by atoms with E-state index in [1.165, 1.54) is 35.7 Å². The predicted molar refractivity (Wildman–Crippen MR) is 162 cm³/mol. The molecule has 3 aromatic carbocycles. The molecule has 0 atom stereocenters. The van der Waals surface area contributed by atoms with E-state index in [2.05, 4.69) is 53.6 Å². The van der Waals surface area contributed by atoms with Gasteiger partial charge in [-0.05, 0) is 53.5 Å². The summed E-state index contributed by atoms with van der Waals surface area (Å²) in [7, 11) is 1.61. The van der Waals surface area contributed by atoms with Crippen LogP contribution in [0.5, 0.6) is 5.75 Å². The predicted octanol–water partition coefficient (Wildman–Crippen LogP) is 6.06. The van der Waals surface area contributed by atoms with Gasteiger partial charge in [0.05, 0.1) is 23.3 Å². The van der Waals surface area contributed by atoms with Crippen molar-refractivity contribution >= 4 is 35.6 Å². The van der Waals surface area contributed by atoms with Crippen LogP contribution < -0.4 is 10.2 Å². The van der Waals surface area contributed by atoms with E-state index in [1.807, 2.05) is 41.0 Å². The molecule has 210 valence electrons. The molecule has 1 aromatic heterocycles. The summed E-state index contributed by atoms with van der Waals surface area (Å²) in [4.78, 5) is 23.2. The van der Waals surface area contributed by atoms with Crippen molar-refractivity contribution in [2.75, 3.05) is 12.9 Å². The monoisotopic (exact) mass is 570 g/mol. The summed E-state index contributed by atoms with van der Waals surface area (Å²) in [6.45, 7) is 6.49. The smallest absolute Gasteiger partial charge is 0.276 e. The second kappa shape index (κ2) is 13.1. The topological polar surface area (TPSA) is 125 Å². The molecule has 0 aliphatic heterocycles. The number of rotatable bonds is 10. The molecule has 0 unspecified atom stereocenters. The van der Waals surface area contributed by atoms with Crippen LogP contribution in [0.4, 0.5) is 5.69 Å². The van der Waals surface area contributed by atoms with E-state index in [0.717, 1.165) is 17.0 Å². The maximum atomic E-state index is 12.5. The van der Waals surface area contributed by atoms with E-state index in [1.54, 1.807) is 31.4 Å². The minimum atomic E-state index is -0.452. The highest BCUT2D eigenvalue weighted by molar-refractivity contribution is 7.99. The molecule has 0 bridgehead atoms. The maximum Gasteiger partial charge on any atom is 0.276 e. The van der Waals surface area contributed by atoms with Gasteiger partial charge in [0.2, 0.25) is 0 Å². The van der Waals surface area contributed by atoms with Gasteiger partial charge in [0.15, 0.2) is 11.0 Å². The summed E-state index contributed by atoms with van der Waals surface area (Å²) < 4.78 is 7.21. The molecule has 11 heteroatoms. The number of amides is 1. The molecule has 1 N–H and O–H groups in total. The van der Waals surface area contributed by atoms with Crippen molar-refractivity contribution in [3.8, 4) is 22.8 Å². The third-order valence-electron chi connectivity index (χ3n) is 6.06. The minimum absolute atomic E-state index is 0.0110. The van der Waals surface area contributed by atoms with E-state index >= 15 is 0 Å². The first-order chi connectivity index (χ1) is 19.7. The lowest BCUT2D eigenvalue weighted by atomic mass is 9.87. The van der Waals surface area contributed by atoms with Crippen molar-refractivity contribution < 1.29 is 14.5 Å². The molecule has 1 amide bonds. The van der Waals surface area contributed by atoms with Gasteiger partial charge in [-0.15, -0.1) is 10.2 Å². The molecule has 4 rings (SSSR count). The zero-order chi connectivity index (χ0) is 29.4. The van der Waals surface area contributed by atoms with Gasteiger partial charge in [-0.3, -0.25) is 19.5 Å². The number of nitro benzene ring substituents is 1. The highest BCUT2D eigenvalue weighted by Crippen LogP contribution is 2.30. The normalized spacial score (nSPS) is 11.7. The molecule has 0 saturated heterocycles. The first-order valence-corrected chi connectivity index (χ1v) is 13.7. The van der Waals surface area contributed by atoms with E-state index in [4.69, 9.17) is 4.74 Å². The van der Waals surface area contributed by atoms with E-state index in [0.29, 0.717) is 16.5 Å². The summed E-state index contributed by atoms with van der Waals surface area (Å²) in [6.07, 6.45) is 4.43. The standard InChI is InChI=1S/C30H30N6O4S/c1-30(2,3)23-13-11-22(12-14-23)28-33-34-29(35(28)24-15-17-25(40-4)18-16-24)41-20-27(37)32-31-19-7-9-21-8-5-6-10-26(21)36(38)39/h5-19H,20H2,1-4H3,(H,32,37)/b9-7-,31-19+. The van der Waals surface area contributed by atoms with Gasteiger partial charge >= 0.3 is 0 Å². The van der Waals surface area contributed by atoms with Crippen LogP contribution in [0, 0.1) is 10.1 Å². The van der Waals surface area contributed by atoms with Crippen LogP contribution in [-0.4, -0.2) is 44.7 Å². The summed E-state index contributed by atoms with van der Waals surface area (Å²) in [5.74, 6) is 1.07. The number of carbonyl (C=O) groups is 1. The largest absolute Gasteiger partial charge is 0.497 e. The number of allylic oxidation sites excluding steroid dienone is 1. The first-order valence-electron chi connectivity index (χ1n) is 12.7. The Morgan fingerprint density at radius 3 is 2.44 bits per heavy atom. The minimum Gasteiger partial charge on any atom is -0.497 e. The van der Waals surface area contributed by atoms with Gasteiger partial charge in [-0.25, -0.2) is 5.43 Å². The number of hydrogen-bond acceptors (Lipinski definition) is 8. The Balaban J connectivity index is 1.48. The van der Waals surface area contributed by atoms with Crippen molar-refractivity contribution in [1.82, 2.24) is 20.2 Å². The molecular formula is C30H30N6O4S. The number of hydrogen-bond donors (Lipinski definition) is 1. The van der Waals surface area contributed by atoms with Crippen molar-refractivity contribution in [2.45, 2.75) is 31.3 Å². The number of aromatic nitrogens is 3. The quantitative estimate of drug-likeness (QED) is 0.106. The van der Waals surface area contributed by atoms with E-state index in [9.17, 15) is 14.9 Å². The van der Waals surface area contributed by atoms with Crippen molar-refractivity contribution in [3.05, 3.63) is 100 Å². The molecular weight excluding hydrogens is 540 g/mol. The Morgan fingerprint density at radius 2 is 1.78 bits per heavy atom. The van der Waals surface area contributed by atoms with Gasteiger partial charge in [0.25, 0.3) is 11.6 Å². The summed E-state index contributed by atoms with van der Waals surface area (Å²) >= 11 is 1.23. The molecule has 0 saturated carbocycles. The highest BCUT2D eigenvalue weighted by atomic mass is 32.2. The third-order valence-corrected chi connectivity index (χ3v) is 6.99. The molecule has 1 heterocycles. The fourth-order valence-electron chi connectivity index (χ4n) is 3.89. The van der Waals surface area contributed by atoms with Crippen molar-refractivity contribution in [1.29, 1.82) is 0 Å². The van der Waals surface area contributed by atoms with E-state index < -0.39 is 4.92 Å². The fourth-order valence-corrected chi connectivity index (χ4v) is 4.63. The van der Waals surface area contributed by atoms with Crippen LogP contribution in [-0.2, 0) is 10.2 Å². The molecule has 0 aliphatic rings. The lowest BCUT2D eigenvalue weighted by Crippen LogP contribution is -2.19. The number of nitrogens with zero attached hydrogens (tertiary/aromatic N) is 5. The summed E-state index contributed by atoms with van der Waals surface area (Å²) in [5, 5.41) is 24.4. The molecule has 0 aliphatic carbocycles. The number of thioether (sulfide) groups is 1. The summed E-state index contributed by atoms with van der Waals surface area (Å²) in [5.41, 5.74) is 5.84. The Labute approximate surface area is 242 Å². The van der Waals surface area contributed by atoms with Crippen LogP contribution >= 0.6 is 11.8 Å². The molecule has 10 nitrogen and oxygen atoms in total. The number of hydrazone groups is 1. The Bertz CT molecular complexity index is 1570. The summed E-state index contributed by atoms with van der Waals surface area (Å²) in [6, 6.07) is 22.1. The second-order valence-corrected chi connectivity index (χ2v) is 10.9. The zero-order valence-electron chi connectivity index (χ0n) is 23.1. The van der Waals surface area contributed by atoms with Crippen molar-refractivity contribution in [3.63, 3.8) is 0 Å². The Morgan fingerprint density at radius 1 is 1.07 bits per heavy atom. The number of benzene rings is 3. The Hall–Kier alpha value is -4.77. The van der Waals surface area contributed by atoms with Gasteiger partial charge < -0.3 is 4.74 Å². The second-order valence-electron chi connectivity index (χ2n) is 9.94. The van der Waals surface area contributed by atoms with Crippen LogP contribution in [0.15, 0.2) is 89.1 Å².